The largest absolute Gasteiger partial charge is 0.309 e. The van der Waals surface area contributed by atoms with Crippen LogP contribution in [-0.4, -0.2) is 21.3 Å². The molecule has 0 amide bonds. The molecule has 3 heterocycles. The van der Waals surface area contributed by atoms with Crippen LogP contribution in [0.3, 0.4) is 0 Å². The number of hydrogen-bond acceptors (Lipinski definition) is 3. The number of halogens is 2. The van der Waals surface area contributed by atoms with E-state index >= 15 is 0 Å². The molecule has 1 aliphatic heterocycles. The highest BCUT2D eigenvalue weighted by molar-refractivity contribution is 6.30. The molecule has 1 N–H and O–H groups in total. The lowest BCUT2D eigenvalue weighted by molar-refractivity contribution is 0.477. The minimum Gasteiger partial charge on any atom is -0.309 e. The van der Waals surface area contributed by atoms with Crippen molar-refractivity contribution in [2.24, 2.45) is 0 Å². The average Bonchev–Trinajstić information content (AvgIpc) is 2.96. The van der Waals surface area contributed by atoms with Gasteiger partial charge in [-0.2, -0.15) is 5.10 Å². The SMILES string of the molecule is Cl.Clc1ccc(-c2nn3c(c2-c2ccncc2)CNCC3)cc1. The highest BCUT2D eigenvalue weighted by Crippen LogP contribution is 2.35. The van der Waals surface area contributed by atoms with Crippen LogP contribution >= 0.6 is 24.0 Å². The van der Waals surface area contributed by atoms with Gasteiger partial charge >= 0.3 is 0 Å². The molecular weight excluding hydrogens is 331 g/mol. The predicted molar refractivity (Wildman–Crippen MR) is 94.9 cm³/mol. The molecule has 0 saturated carbocycles. The standard InChI is InChI=1S/C17H15ClN4.ClH/c18-14-3-1-13(2-4-14)17-16(12-5-7-19-8-6-12)15-11-20-9-10-22(15)21-17;/h1-8,20H,9-11H2;1H. The molecule has 1 aromatic carbocycles. The summed E-state index contributed by atoms with van der Waals surface area (Å²) in [5.74, 6) is 0. The van der Waals surface area contributed by atoms with Crippen LogP contribution in [0.2, 0.25) is 5.02 Å². The van der Waals surface area contributed by atoms with Gasteiger partial charge in [-0.1, -0.05) is 23.7 Å². The summed E-state index contributed by atoms with van der Waals surface area (Å²) in [6.45, 7) is 2.67. The monoisotopic (exact) mass is 346 g/mol. The van der Waals surface area contributed by atoms with Crippen molar-refractivity contribution in [2.75, 3.05) is 6.54 Å². The summed E-state index contributed by atoms with van der Waals surface area (Å²) in [5.41, 5.74) is 5.63. The van der Waals surface area contributed by atoms with Gasteiger partial charge in [-0.3, -0.25) is 9.67 Å². The topological polar surface area (TPSA) is 42.7 Å². The summed E-state index contributed by atoms with van der Waals surface area (Å²) in [6, 6.07) is 11.9. The zero-order valence-corrected chi connectivity index (χ0v) is 13.9. The van der Waals surface area contributed by atoms with Gasteiger partial charge in [-0.15, -0.1) is 12.4 Å². The van der Waals surface area contributed by atoms with Crippen molar-refractivity contribution in [2.45, 2.75) is 13.1 Å². The molecular formula is C17H16Cl2N4. The molecule has 0 aliphatic carbocycles. The number of hydrogen-bond donors (Lipinski definition) is 1. The van der Waals surface area contributed by atoms with Gasteiger partial charge in [-0.05, 0) is 29.8 Å². The van der Waals surface area contributed by atoms with Crippen molar-refractivity contribution < 1.29 is 0 Å². The van der Waals surface area contributed by atoms with Gasteiger partial charge in [0.25, 0.3) is 0 Å². The Morgan fingerprint density at radius 2 is 1.74 bits per heavy atom. The van der Waals surface area contributed by atoms with E-state index in [1.807, 2.05) is 48.8 Å². The van der Waals surface area contributed by atoms with Crippen LogP contribution in [0.15, 0.2) is 48.8 Å². The summed E-state index contributed by atoms with van der Waals surface area (Å²) < 4.78 is 2.11. The summed E-state index contributed by atoms with van der Waals surface area (Å²) >= 11 is 6.01. The summed E-state index contributed by atoms with van der Waals surface area (Å²) in [6.07, 6.45) is 3.64. The van der Waals surface area contributed by atoms with E-state index in [0.29, 0.717) is 0 Å². The van der Waals surface area contributed by atoms with Gasteiger partial charge in [0.05, 0.1) is 12.2 Å². The number of nitrogens with zero attached hydrogens (tertiary/aromatic N) is 3. The fraction of sp³-hybridized carbons (Fsp3) is 0.176. The second kappa shape index (κ2) is 6.71. The van der Waals surface area contributed by atoms with Gasteiger partial charge in [0, 0.05) is 41.6 Å². The maximum atomic E-state index is 6.01. The van der Waals surface area contributed by atoms with Crippen LogP contribution in [0, 0.1) is 0 Å². The van der Waals surface area contributed by atoms with Gasteiger partial charge < -0.3 is 5.32 Å². The van der Waals surface area contributed by atoms with Crippen molar-refractivity contribution in [3.63, 3.8) is 0 Å². The van der Waals surface area contributed by atoms with Crippen molar-refractivity contribution in [3.05, 3.63) is 59.5 Å². The van der Waals surface area contributed by atoms with Crippen LogP contribution in [0.4, 0.5) is 0 Å². The van der Waals surface area contributed by atoms with Crippen LogP contribution in [0.25, 0.3) is 22.4 Å². The molecule has 118 valence electrons. The number of pyridine rings is 1. The Labute approximate surface area is 145 Å². The predicted octanol–water partition coefficient (Wildman–Crippen LogP) is 3.79. The molecule has 3 aromatic rings. The molecule has 0 saturated heterocycles. The first kappa shape index (κ1) is 16.0. The van der Waals surface area contributed by atoms with E-state index in [0.717, 1.165) is 41.5 Å². The molecule has 4 rings (SSSR count). The van der Waals surface area contributed by atoms with Crippen LogP contribution in [0.1, 0.15) is 5.69 Å². The minimum absolute atomic E-state index is 0. The number of aromatic nitrogens is 3. The van der Waals surface area contributed by atoms with E-state index in [1.54, 1.807) is 0 Å². The molecule has 23 heavy (non-hydrogen) atoms. The maximum absolute atomic E-state index is 6.01. The number of nitrogens with one attached hydrogen (secondary N) is 1. The van der Waals surface area contributed by atoms with E-state index in [2.05, 4.69) is 15.0 Å². The lowest BCUT2D eigenvalue weighted by Gasteiger charge is -2.16. The molecule has 0 atom stereocenters. The summed E-state index contributed by atoms with van der Waals surface area (Å²) in [7, 11) is 0. The van der Waals surface area contributed by atoms with Crippen molar-refractivity contribution in [1.29, 1.82) is 0 Å². The highest BCUT2D eigenvalue weighted by Gasteiger charge is 2.22. The van der Waals surface area contributed by atoms with Gasteiger partial charge in [-0.25, -0.2) is 0 Å². The molecule has 0 bridgehead atoms. The first-order valence-electron chi connectivity index (χ1n) is 7.29. The number of benzene rings is 1. The van der Waals surface area contributed by atoms with Crippen LogP contribution in [0.5, 0.6) is 0 Å². The molecule has 2 aromatic heterocycles. The smallest absolute Gasteiger partial charge is 0.100 e. The maximum Gasteiger partial charge on any atom is 0.100 e. The zero-order valence-electron chi connectivity index (χ0n) is 12.4. The molecule has 0 unspecified atom stereocenters. The Balaban J connectivity index is 0.00000156. The average molecular weight is 347 g/mol. The summed E-state index contributed by atoms with van der Waals surface area (Å²) in [4.78, 5) is 4.12. The van der Waals surface area contributed by atoms with E-state index < -0.39 is 0 Å². The fourth-order valence-corrected chi connectivity index (χ4v) is 3.01. The minimum atomic E-state index is 0. The third-order valence-electron chi connectivity index (χ3n) is 3.94. The molecule has 4 nitrogen and oxygen atoms in total. The van der Waals surface area contributed by atoms with Crippen molar-refractivity contribution in [3.8, 4) is 22.4 Å². The molecule has 0 spiro atoms. The summed E-state index contributed by atoms with van der Waals surface area (Å²) in [5, 5.41) is 9.00. The zero-order chi connectivity index (χ0) is 14.9. The number of rotatable bonds is 2. The first-order chi connectivity index (χ1) is 10.8. The van der Waals surface area contributed by atoms with E-state index in [1.165, 1.54) is 11.3 Å². The van der Waals surface area contributed by atoms with E-state index in [4.69, 9.17) is 16.7 Å². The third-order valence-corrected chi connectivity index (χ3v) is 4.19. The van der Waals surface area contributed by atoms with Crippen molar-refractivity contribution >= 4 is 24.0 Å². The lowest BCUT2D eigenvalue weighted by Crippen LogP contribution is -2.28. The molecule has 6 heteroatoms. The number of fused-ring (bicyclic) bond motifs is 1. The second-order valence-electron chi connectivity index (χ2n) is 5.31. The van der Waals surface area contributed by atoms with Gasteiger partial charge in [0.15, 0.2) is 0 Å². The molecule has 1 aliphatic rings. The molecule has 0 radical (unpaired) electrons. The normalized spacial score (nSPS) is 13.3. The van der Waals surface area contributed by atoms with E-state index in [9.17, 15) is 0 Å². The lowest BCUT2D eigenvalue weighted by atomic mass is 9.99. The fourth-order valence-electron chi connectivity index (χ4n) is 2.88. The first-order valence-corrected chi connectivity index (χ1v) is 7.67. The van der Waals surface area contributed by atoms with Crippen LogP contribution in [-0.2, 0) is 13.1 Å². The Bertz CT molecular complexity index is 797. The second-order valence-corrected chi connectivity index (χ2v) is 5.75. The Morgan fingerprint density at radius 3 is 2.48 bits per heavy atom. The Morgan fingerprint density at radius 1 is 1.00 bits per heavy atom. The Hall–Kier alpha value is -1.88. The van der Waals surface area contributed by atoms with Gasteiger partial charge in [0.2, 0.25) is 0 Å². The third kappa shape index (κ3) is 2.98. The van der Waals surface area contributed by atoms with Gasteiger partial charge in [0.1, 0.15) is 5.69 Å². The van der Waals surface area contributed by atoms with E-state index in [-0.39, 0.29) is 12.4 Å². The quantitative estimate of drug-likeness (QED) is 0.767. The highest BCUT2D eigenvalue weighted by atomic mass is 35.5. The molecule has 0 fully saturated rings. The van der Waals surface area contributed by atoms with Crippen molar-refractivity contribution in [1.82, 2.24) is 20.1 Å². The Kier molecular flexibility index (Phi) is 4.66. The van der Waals surface area contributed by atoms with Crippen LogP contribution < -0.4 is 5.32 Å².